The van der Waals surface area contributed by atoms with E-state index in [0.29, 0.717) is 0 Å². The molecule has 0 nitrogen and oxygen atoms in total. The van der Waals surface area contributed by atoms with Crippen LogP contribution >= 0.6 is 0 Å². The van der Waals surface area contributed by atoms with Crippen LogP contribution in [0.5, 0.6) is 0 Å². The highest BCUT2D eigenvalue weighted by Gasteiger charge is 2.19. The Hall–Kier alpha value is -0.520. The van der Waals surface area contributed by atoms with Crippen molar-refractivity contribution in [2.45, 2.75) is 65.7 Å². The lowest BCUT2D eigenvalue weighted by molar-refractivity contribution is 0.325. The van der Waals surface area contributed by atoms with Gasteiger partial charge in [-0.25, -0.2) is 0 Å². The molecule has 0 atom stereocenters. The van der Waals surface area contributed by atoms with Crippen LogP contribution in [0.3, 0.4) is 0 Å². The predicted octanol–water partition coefficient (Wildman–Crippen LogP) is 6.00. The van der Waals surface area contributed by atoms with Gasteiger partial charge >= 0.3 is 0 Å². The normalized spacial score (nSPS) is 37.2. The molecule has 2 aliphatic rings. The first-order valence-electron chi connectivity index (χ1n) is 7.58. The van der Waals surface area contributed by atoms with Gasteiger partial charge < -0.3 is 0 Å². The third-order valence-corrected chi connectivity index (χ3v) is 4.87. The van der Waals surface area contributed by atoms with Gasteiger partial charge in [0.25, 0.3) is 0 Å². The Morgan fingerprint density at radius 1 is 0.722 bits per heavy atom. The third kappa shape index (κ3) is 4.63. The molecule has 0 unspecified atom stereocenters. The first-order valence-corrected chi connectivity index (χ1v) is 7.58. The monoisotopic (exact) mass is 248 g/mol. The molecular formula is C18H32. The standard InChI is InChI=1S/C17H28.CH4/c1-3-15-8-10-17(11-9-15)13-12-16-6-4-14(2)5-7-16;/h3,12-17H,1,4-11H2,2H3;1H4/b13-12+;. The maximum Gasteiger partial charge on any atom is -0.0233 e. The van der Waals surface area contributed by atoms with Crippen molar-refractivity contribution in [3.05, 3.63) is 24.8 Å². The van der Waals surface area contributed by atoms with Crippen molar-refractivity contribution < 1.29 is 0 Å². The number of hydrogen-bond acceptors (Lipinski definition) is 0. The van der Waals surface area contributed by atoms with Gasteiger partial charge in [-0.15, -0.1) is 6.58 Å². The van der Waals surface area contributed by atoms with Gasteiger partial charge in [-0.3, -0.25) is 0 Å². The highest BCUT2D eigenvalue weighted by molar-refractivity contribution is 4.97. The van der Waals surface area contributed by atoms with E-state index in [0.717, 1.165) is 23.7 Å². The summed E-state index contributed by atoms with van der Waals surface area (Å²) < 4.78 is 0. The summed E-state index contributed by atoms with van der Waals surface area (Å²) in [4.78, 5) is 0. The van der Waals surface area contributed by atoms with E-state index in [2.05, 4.69) is 31.7 Å². The molecule has 0 heterocycles. The lowest BCUT2D eigenvalue weighted by Gasteiger charge is -2.26. The van der Waals surface area contributed by atoms with Crippen LogP contribution in [0.15, 0.2) is 24.8 Å². The molecule has 0 aromatic carbocycles. The summed E-state index contributed by atoms with van der Waals surface area (Å²) in [5.41, 5.74) is 0. The Balaban J connectivity index is 0.00000162. The summed E-state index contributed by atoms with van der Waals surface area (Å²) >= 11 is 0. The van der Waals surface area contributed by atoms with Crippen molar-refractivity contribution in [3.63, 3.8) is 0 Å². The Morgan fingerprint density at radius 2 is 1.11 bits per heavy atom. The van der Waals surface area contributed by atoms with E-state index in [4.69, 9.17) is 0 Å². The third-order valence-electron chi connectivity index (χ3n) is 4.87. The molecule has 104 valence electrons. The molecule has 2 saturated carbocycles. The second-order valence-corrected chi connectivity index (χ2v) is 6.32. The van der Waals surface area contributed by atoms with E-state index in [1.807, 2.05) is 0 Å². The van der Waals surface area contributed by atoms with E-state index < -0.39 is 0 Å². The lowest BCUT2D eigenvalue weighted by atomic mass is 9.79. The van der Waals surface area contributed by atoms with E-state index in [9.17, 15) is 0 Å². The highest BCUT2D eigenvalue weighted by atomic mass is 14.2. The minimum Gasteiger partial charge on any atom is -0.103 e. The highest BCUT2D eigenvalue weighted by Crippen LogP contribution is 2.32. The fraction of sp³-hybridized carbons (Fsp3) is 0.778. The summed E-state index contributed by atoms with van der Waals surface area (Å²) in [7, 11) is 0. The van der Waals surface area contributed by atoms with Gasteiger partial charge in [-0.05, 0) is 62.2 Å². The zero-order chi connectivity index (χ0) is 12.1. The molecule has 0 aromatic heterocycles. The van der Waals surface area contributed by atoms with E-state index in [1.54, 1.807) is 0 Å². The van der Waals surface area contributed by atoms with Crippen molar-refractivity contribution >= 4 is 0 Å². The molecule has 0 spiro atoms. The van der Waals surface area contributed by atoms with Gasteiger partial charge in [0.2, 0.25) is 0 Å². The Labute approximate surface area is 115 Å². The average molecular weight is 248 g/mol. The molecule has 2 fully saturated rings. The van der Waals surface area contributed by atoms with Crippen molar-refractivity contribution in [2.75, 3.05) is 0 Å². The summed E-state index contributed by atoms with van der Waals surface area (Å²) in [6, 6.07) is 0. The molecular weight excluding hydrogens is 216 g/mol. The summed E-state index contributed by atoms with van der Waals surface area (Å²) in [5.74, 6) is 3.53. The van der Waals surface area contributed by atoms with Crippen LogP contribution in [0.25, 0.3) is 0 Å². The second kappa shape index (κ2) is 7.81. The largest absolute Gasteiger partial charge is 0.103 e. The molecule has 0 saturated heterocycles. The Kier molecular flexibility index (Phi) is 6.75. The smallest absolute Gasteiger partial charge is 0.0233 e. The van der Waals surface area contributed by atoms with Gasteiger partial charge in [-0.2, -0.15) is 0 Å². The molecule has 18 heavy (non-hydrogen) atoms. The van der Waals surface area contributed by atoms with Crippen molar-refractivity contribution in [2.24, 2.45) is 23.7 Å². The zero-order valence-electron chi connectivity index (χ0n) is 11.4. The molecule has 0 heteroatoms. The molecule has 0 radical (unpaired) electrons. The number of rotatable bonds is 3. The first-order chi connectivity index (χ1) is 8.28. The minimum absolute atomic E-state index is 0. The molecule has 0 aliphatic heterocycles. The predicted molar refractivity (Wildman–Crippen MR) is 82.6 cm³/mol. The van der Waals surface area contributed by atoms with Gasteiger partial charge in [0.1, 0.15) is 0 Å². The lowest BCUT2D eigenvalue weighted by Crippen LogP contribution is -2.13. The average Bonchev–Trinajstić information content (AvgIpc) is 2.39. The Morgan fingerprint density at radius 3 is 1.56 bits per heavy atom. The molecule has 0 aromatic rings. The second-order valence-electron chi connectivity index (χ2n) is 6.32. The maximum atomic E-state index is 3.92. The van der Waals surface area contributed by atoms with Crippen LogP contribution in [0.1, 0.15) is 65.7 Å². The van der Waals surface area contributed by atoms with Crippen molar-refractivity contribution in [1.82, 2.24) is 0 Å². The SMILES string of the molecule is C.C=CC1CCC(/C=C/C2CCC(C)CC2)CC1. The van der Waals surface area contributed by atoms with Crippen LogP contribution in [-0.4, -0.2) is 0 Å². The molecule has 2 aliphatic carbocycles. The molecule has 0 bridgehead atoms. The number of allylic oxidation sites excluding steroid dienone is 3. The van der Waals surface area contributed by atoms with Crippen LogP contribution in [-0.2, 0) is 0 Å². The van der Waals surface area contributed by atoms with E-state index in [1.165, 1.54) is 51.4 Å². The van der Waals surface area contributed by atoms with E-state index >= 15 is 0 Å². The maximum absolute atomic E-state index is 3.92. The van der Waals surface area contributed by atoms with Crippen LogP contribution in [0.4, 0.5) is 0 Å². The Bertz CT molecular complexity index is 247. The molecule has 0 N–H and O–H groups in total. The first kappa shape index (κ1) is 15.5. The summed E-state index contributed by atoms with van der Waals surface area (Å²) in [6.07, 6.45) is 18.5. The molecule has 0 amide bonds. The quantitative estimate of drug-likeness (QED) is 0.537. The number of hydrogen-bond donors (Lipinski definition) is 0. The van der Waals surface area contributed by atoms with Gasteiger partial charge in [0.05, 0.1) is 0 Å². The van der Waals surface area contributed by atoms with Gasteiger partial charge in [0, 0.05) is 0 Å². The molecule has 2 rings (SSSR count). The minimum atomic E-state index is 0. The van der Waals surface area contributed by atoms with Crippen LogP contribution in [0, 0.1) is 23.7 Å². The topological polar surface area (TPSA) is 0 Å². The summed E-state index contributed by atoms with van der Waals surface area (Å²) in [5, 5.41) is 0. The van der Waals surface area contributed by atoms with Gasteiger partial charge in [0.15, 0.2) is 0 Å². The fourth-order valence-electron chi connectivity index (χ4n) is 3.37. The zero-order valence-corrected chi connectivity index (χ0v) is 11.4. The van der Waals surface area contributed by atoms with Crippen molar-refractivity contribution in [1.29, 1.82) is 0 Å². The van der Waals surface area contributed by atoms with Crippen LogP contribution in [0.2, 0.25) is 0 Å². The van der Waals surface area contributed by atoms with Gasteiger partial charge in [-0.1, -0.05) is 45.4 Å². The fourth-order valence-corrected chi connectivity index (χ4v) is 3.37. The van der Waals surface area contributed by atoms with Crippen LogP contribution < -0.4 is 0 Å². The summed E-state index contributed by atoms with van der Waals surface area (Å²) in [6.45, 7) is 6.32. The van der Waals surface area contributed by atoms with Crippen molar-refractivity contribution in [3.8, 4) is 0 Å². The van der Waals surface area contributed by atoms with E-state index in [-0.39, 0.29) is 7.43 Å².